The van der Waals surface area contributed by atoms with Gasteiger partial charge in [0.05, 0.1) is 0 Å². The zero-order valence-corrected chi connectivity index (χ0v) is 13.5. The van der Waals surface area contributed by atoms with Crippen LogP contribution in [-0.2, 0) is 6.42 Å². The van der Waals surface area contributed by atoms with Gasteiger partial charge in [-0.1, -0.05) is 48.0 Å². The van der Waals surface area contributed by atoms with Crippen molar-refractivity contribution in [3.63, 3.8) is 0 Å². The number of rotatable bonds is 6. The lowest BCUT2D eigenvalue weighted by molar-refractivity contribution is 0.106. The Kier molecular flexibility index (Phi) is 5.83. The average molecular weight is 313 g/mol. The minimum Gasteiger partial charge on any atom is -0.326 e. The molecule has 18 heavy (non-hydrogen) atoms. The molecule has 1 aromatic carbocycles. The van der Waals surface area contributed by atoms with E-state index >= 15 is 0 Å². The van der Waals surface area contributed by atoms with E-state index in [2.05, 4.69) is 66.7 Å². The maximum absolute atomic E-state index is 6.44. The van der Waals surface area contributed by atoms with Gasteiger partial charge in [-0.25, -0.2) is 0 Å². The quantitative estimate of drug-likeness (QED) is 0.872. The lowest BCUT2D eigenvalue weighted by atomic mass is 9.88. The Morgan fingerprint density at radius 1 is 1.22 bits per heavy atom. The molecule has 0 spiro atoms. The minimum atomic E-state index is 0.0127. The topological polar surface area (TPSA) is 29.3 Å². The number of hydrogen-bond donors (Lipinski definition) is 1. The van der Waals surface area contributed by atoms with E-state index in [9.17, 15) is 0 Å². The molecule has 1 atom stereocenters. The Morgan fingerprint density at radius 3 is 2.28 bits per heavy atom. The number of hydrogen-bond acceptors (Lipinski definition) is 2. The Labute approximate surface area is 120 Å². The summed E-state index contributed by atoms with van der Waals surface area (Å²) in [5, 5.41) is 0. The van der Waals surface area contributed by atoms with Crippen LogP contribution in [0, 0.1) is 0 Å². The Morgan fingerprint density at radius 2 is 1.78 bits per heavy atom. The third-order valence-electron chi connectivity index (χ3n) is 3.88. The van der Waals surface area contributed by atoms with Crippen LogP contribution >= 0.6 is 15.9 Å². The van der Waals surface area contributed by atoms with Gasteiger partial charge in [0.15, 0.2) is 0 Å². The molecule has 1 unspecified atom stereocenters. The van der Waals surface area contributed by atoms with E-state index in [1.54, 1.807) is 0 Å². The third kappa shape index (κ3) is 3.56. The molecule has 1 aromatic rings. The summed E-state index contributed by atoms with van der Waals surface area (Å²) in [4.78, 5) is 2.43. The molecule has 2 nitrogen and oxygen atoms in total. The lowest BCUT2D eigenvalue weighted by Gasteiger charge is -2.42. The molecule has 0 bridgehead atoms. The highest BCUT2D eigenvalue weighted by molar-refractivity contribution is 9.10. The fraction of sp³-hybridized carbons (Fsp3) is 0.600. The summed E-state index contributed by atoms with van der Waals surface area (Å²) >= 11 is 3.59. The van der Waals surface area contributed by atoms with E-state index in [-0.39, 0.29) is 11.6 Å². The average Bonchev–Trinajstić information content (AvgIpc) is 2.33. The van der Waals surface area contributed by atoms with E-state index in [4.69, 9.17) is 5.73 Å². The molecule has 0 radical (unpaired) electrons. The fourth-order valence-electron chi connectivity index (χ4n) is 2.42. The number of benzene rings is 1. The summed E-state index contributed by atoms with van der Waals surface area (Å²) in [5.41, 5.74) is 7.74. The summed E-state index contributed by atoms with van der Waals surface area (Å²) in [7, 11) is 0. The number of nitrogens with two attached hydrogens (primary N) is 1. The zero-order valence-electron chi connectivity index (χ0n) is 11.9. The van der Waals surface area contributed by atoms with Crippen molar-refractivity contribution >= 4 is 15.9 Å². The van der Waals surface area contributed by atoms with Gasteiger partial charge in [-0.3, -0.25) is 4.90 Å². The predicted molar refractivity (Wildman–Crippen MR) is 82.8 cm³/mol. The van der Waals surface area contributed by atoms with Gasteiger partial charge in [0.25, 0.3) is 0 Å². The van der Waals surface area contributed by atoms with E-state index < -0.39 is 0 Å². The van der Waals surface area contributed by atoms with Crippen LogP contribution in [0.2, 0.25) is 0 Å². The smallest absolute Gasteiger partial charge is 0.0307 e. The molecule has 102 valence electrons. The van der Waals surface area contributed by atoms with E-state index in [1.807, 2.05) is 6.07 Å². The first kappa shape index (κ1) is 15.7. The normalized spacial score (nSPS) is 13.9. The molecule has 3 heteroatoms. The molecule has 0 heterocycles. The summed E-state index contributed by atoms with van der Waals surface area (Å²) in [6.07, 6.45) is 0.894. The molecule has 0 aliphatic heterocycles. The van der Waals surface area contributed by atoms with Gasteiger partial charge in [0, 0.05) is 16.1 Å². The van der Waals surface area contributed by atoms with Crippen molar-refractivity contribution in [3.8, 4) is 0 Å². The van der Waals surface area contributed by atoms with Crippen LogP contribution in [0.25, 0.3) is 0 Å². The second-order valence-electron chi connectivity index (χ2n) is 5.23. The zero-order chi connectivity index (χ0) is 13.8. The van der Waals surface area contributed by atoms with Gasteiger partial charge in [-0.2, -0.15) is 0 Å². The van der Waals surface area contributed by atoms with Crippen molar-refractivity contribution in [1.29, 1.82) is 0 Å². The van der Waals surface area contributed by atoms with E-state index in [0.29, 0.717) is 0 Å². The van der Waals surface area contributed by atoms with E-state index in [1.165, 1.54) is 5.56 Å². The monoisotopic (exact) mass is 312 g/mol. The maximum Gasteiger partial charge on any atom is 0.0307 e. The van der Waals surface area contributed by atoms with E-state index in [0.717, 1.165) is 24.0 Å². The second-order valence-corrected chi connectivity index (χ2v) is 6.08. The van der Waals surface area contributed by atoms with Gasteiger partial charge in [0.1, 0.15) is 0 Å². The molecular formula is C15H25BrN2. The Bertz CT molecular complexity index is 373. The summed E-state index contributed by atoms with van der Waals surface area (Å²) < 4.78 is 1.15. The molecule has 0 amide bonds. The van der Waals surface area contributed by atoms with Crippen molar-refractivity contribution in [3.05, 3.63) is 34.3 Å². The van der Waals surface area contributed by atoms with Crippen LogP contribution in [0.15, 0.2) is 28.7 Å². The maximum atomic E-state index is 6.44. The molecule has 0 aliphatic rings. The van der Waals surface area contributed by atoms with Gasteiger partial charge >= 0.3 is 0 Å². The van der Waals surface area contributed by atoms with Crippen LogP contribution in [0.4, 0.5) is 0 Å². The molecule has 0 saturated heterocycles. The highest BCUT2D eigenvalue weighted by atomic mass is 79.9. The van der Waals surface area contributed by atoms with Crippen molar-refractivity contribution in [2.75, 3.05) is 13.1 Å². The molecule has 1 rings (SSSR count). The van der Waals surface area contributed by atoms with Crippen LogP contribution in [0.5, 0.6) is 0 Å². The highest BCUT2D eigenvalue weighted by Gasteiger charge is 2.31. The Hall–Kier alpha value is -0.380. The van der Waals surface area contributed by atoms with Gasteiger partial charge in [0.2, 0.25) is 0 Å². The van der Waals surface area contributed by atoms with Crippen LogP contribution < -0.4 is 5.73 Å². The molecule has 0 saturated carbocycles. The first-order valence-electron chi connectivity index (χ1n) is 6.67. The summed E-state index contributed by atoms with van der Waals surface area (Å²) in [6, 6.07) is 8.44. The number of nitrogens with zero attached hydrogens (tertiary/aromatic N) is 1. The first-order chi connectivity index (χ1) is 8.43. The molecule has 2 N–H and O–H groups in total. The molecule has 0 aliphatic carbocycles. The van der Waals surface area contributed by atoms with Crippen LogP contribution in [0.1, 0.15) is 33.3 Å². The van der Waals surface area contributed by atoms with Crippen molar-refractivity contribution in [2.24, 2.45) is 5.73 Å². The van der Waals surface area contributed by atoms with Crippen molar-refractivity contribution in [2.45, 2.75) is 45.7 Å². The lowest BCUT2D eigenvalue weighted by Crippen LogP contribution is -2.56. The molecule has 0 aromatic heterocycles. The van der Waals surface area contributed by atoms with Crippen LogP contribution in [-0.4, -0.2) is 29.6 Å². The van der Waals surface area contributed by atoms with Gasteiger partial charge in [-0.05, 0) is 45.0 Å². The van der Waals surface area contributed by atoms with Gasteiger partial charge < -0.3 is 5.73 Å². The fourth-order valence-corrected chi connectivity index (χ4v) is 2.87. The summed E-state index contributed by atoms with van der Waals surface area (Å²) in [5.74, 6) is 0. The molecule has 0 fully saturated rings. The number of likely N-dealkylation sites (N-methyl/N-ethyl adjacent to an activating group) is 1. The Balaban J connectivity index is 2.81. The third-order valence-corrected chi connectivity index (χ3v) is 4.66. The largest absolute Gasteiger partial charge is 0.326 e. The van der Waals surface area contributed by atoms with Crippen LogP contribution in [0.3, 0.4) is 0 Å². The van der Waals surface area contributed by atoms with Crippen molar-refractivity contribution in [1.82, 2.24) is 4.90 Å². The first-order valence-corrected chi connectivity index (χ1v) is 7.46. The second kappa shape index (κ2) is 6.69. The van der Waals surface area contributed by atoms with Gasteiger partial charge in [-0.15, -0.1) is 0 Å². The van der Waals surface area contributed by atoms with Crippen molar-refractivity contribution < 1.29 is 0 Å². The number of halogens is 1. The summed E-state index contributed by atoms with van der Waals surface area (Å²) in [6.45, 7) is 10.9. The minimum absolute atomic E-state index is 0.0127. The predicted octanol–water partition coefficient (Wildman–Crippen LogP) is 3.44. The highest BCUT2D eigenvalue weighted by Crippen LogP contribution is 2.23. The molecular weight excluding hydrogens is 288 g/mol. The SMILES string of the molecule is CCN(CC)C(C)(C)C(N)Cc1ccccc1Br. The standard InChI is InChI=1S/C15H25BrN2/c1-5-18(6-2)15(3,4)14(17)11-12-9-7-8-10-13(12)16/h7-10,14H,5-6,11,17H2,1-4H3.